The summed E-state index contributed by atoms with van der Waals surface area (Å²) in [5.41, 5.74) is 0. The average molecular weight is 168 g/mol. The Labute approximate surface area is 73.4 Å². The Morgan fingerprint density at radius 1 is 1.36 bits per heavy atom. The van der Waals surface area contributed by atoms with Gasteiger partial charge in [0.05, 0.1) is 0 Å². The van der Waals surface area contributed by atoms with Gasteiger partial charge in [-0.1, -0.05) is 12.5 Å². The first kappa shape index (κ1) is 7.72. The van der Waals surface area contributed by atoms with E-state index in [2.05, 4.69) is 18.3 Å². The van der Waals surface area contributed by atoms with Crippen molar-refractivity contribution >= 4 is 11.8 Å². The first-order valence-corrected chi connectivity index (χ1v) is 5.67. The molecule has 0 amide bonds. The van der Waals surface area contributed by atoms with E-state index < -0.39 is 0 Å². The summed E-state index contributed by atoms with van der Waals surface area (Å²) < 4.78 is 0. The van der Waals surface area contributed by atoms with Gasteiger partial charge in [-0.25, -0.2) is 0 Å². The Balaban J connectivity index is 1.83. The van der Waals surface area contributed by atoms with E-state index in [1.807, 2.05) is 6.08 Å². The second-order valence-electron chi connectivity index (χ2n) is 3.84. The Bertz CT molecular complexity index is 153. The molecule has 0 heterocycles. The number of fused-ring (bicyclic) bond motifs is 2. The van der Waals surface area contributed by atoms with Crippen LogP contribution in [0.1, 0.15) is 25.7 Å². The quantitative estimate of drug-likeness (QED) is 0.584. The molecule has 3 unspecified atom stereocenters. The van der Waals surface area contributed by atoms with Gasteiger partial charge in [0, 0.05) is 11.0 Å². The summed E-state index contributed by atoms with van der Waals surface area (Å²) in [5, 5.41) is 0.992. The van der Waals surface area contributed by atoms with E-state index in [0.717, 1.165) is 22.8 Å². The molecule has 0 N–H and O–H groups in total. The van der Waals surface area contributed by atoms with Gasteiger partial charge in [-0.05, 0) is 31.1 Å². The lowest BCUT2D eigenvalue weighted by atomic mass is 10.0. The molecule has 2 fully saturated rings. The maximum Gasteiger partial charge on any atom is 0.0113 e. The summed E-state index contributed by atoms with van der Waals surface area (Å²) in [5.74, 6) is 3.33. The van der Waals surface area contributed by atoms with Crippen molar-refractivity contribution in [1.82, 2.24) is 0 Å². The summed E-state index contributed by atoms with van der Waals surface area (Å²) in [4.78, 5) is 0. The number of thioether (sulfide) groups is 1. The molecule has 62 valence electrons. The van der Waals surface area contributed by atoms with Gasteiger partial charge in [0.2, 0.25) is 0 Å². The SMILES string of the molecule is C=CCSC1CC2CCC1C2. The van der Waals surface area contributed by atoms with Crippen molar-refractivity contribution in [2.45, 2.75) is 30.9 Å². The van der Waals surface area contributed by atoms with Crippen LogP contribution < -0.4 is 0 Å². The van der Waals surface area contributed by atoms with Crippen molar-refractivity contribution in [2.24, 2.45) is 11.8 Å². The standard InChI is InChI=1S/C10H16S/c1-2-5-11-10-7-8-3-4-9(10)6-8/h2,8-10H,1,3-7H2. The predicted octanol–water partition coefficient (Wildman–Crippen LogP) is 3.09. The molecule has 2 aliphatic rings. The maximum absolute atomic E-state index is 3.76. The van der Waals surface area contributed by atoms with Gasteiger partial charge >= 0.3 is 0 Å². The fourth-order valence-corrected chi connectivity index (χ4v) is 3.89. The molecule has 1 heteroatoms. The van der Waals surface area contributed by atoms with E-state index in [1.54, 1.807) is 0 Å². The van der Waals surface area contributed by atoms with Gasteiger partial charge in [-0.3, -0.25) is 0 Å². The number of hydrogen-bond donors (Lipinski definition) is 0. The molecule has 2 rings (SSSR count). The monoisotopic (exact) mass is 168 g/mol. The van der Waals surface area contributed by atoms with Gasteiger partial charge in [0.1, 0.15) is 0 Å². The summed E-state index contributed by atoms with van der Waals surface area (Å²) in [6.07, 6.45) is 8.12. The number of hydrogen-bond acceptors (Lipinski definition) is 1. The largest absolute Gasteiger partial charge is 0.154 e. The highest BCUT2D eigenvalue weighted by atomic mass is 32.2. The van der Waals surface area contributed by atoms with Crippen molar-refractivity contribution in [3.05, 3.63) is 12.7 Å². The lowest BCUT2D eigenvalue weighted by Gasteiger charge is -2.19. The van der Waals surface area contributed by atoms with Crippen LogP contribution in [0, 0.1) is 11.8 Å². The molecule has 0 saturated heterocycles. The topological polar surface area (TPSA) is 0 Å². The van der Waals surface area contributed by atoms with Crippen LogP contribution in [0.4, 0.5) is 0 Å². The molecule has 11 heavy (non-hydrogen) atoms. The highest BCUT2D eigenvalue weighted by molar-refractivity contribution is 8.00. The molecule has 0 nitrogen and oxygen atoms in total. The molecule has 2 bridgehead atoms. The minimum atomic E-state index is 0.992. The minimum absolute atomic E-state index is 0.992. The van der Waals surface area contributed by atoms with E-state index >= 15 is 0 Å². The molecule has 2 saturated carbocycles. The number of rotatable bonds is 3. The molecular weight excluding hydrogens is 152 g/mol. The van der Waals surface area contributed by atoms with Gasteiger partial charge in [-0.15, -0.1) is 6.58 Å². The third-order valence-electron chi connectivity index (χ3n) is 3.10. The lowest BCUT2D eigenvalue weighted by Crippen LogP contribution is -2.12. The molecule has 0 aromatic rings. The van der Waals surface area contributed by atoms with Crippen molar-refractivity contribution in [3.8, 4) is 0 Å². The highest BCUT2D eigenvalue weighted by Crippen LogP contribution is 2.49. The molecule has 3 atom stereocenters. The van der Waals surface area contributed by atoms with E-state index in [9.17, 15) is 0 Å². The summed E-state index contributed by atoms with van der Waals surface area (Å²) in [7, 11) is 0. The van der Waals surface area contributed by atoms with Crippen LogP contribution >= 0.6 is 11.8 Å². The summed E-state index contributed by atoms with van der Waals surface area (Å²) in [6.45, 7) is 3.76. The van der Waals surface area contributed by atoms with Crippen LogP contribution in [-0.2, 0) is 0 Å². The highest BCUT2D eigenvalue weighted by Gasteiger charge is 2.39. The van der Waals surface area contributed by atoms with Gasteiger partial charge < -0.3 is 0 Å². The zero-order chi connectivity index (χ0) is 7.68. The fourth-order valence-electron chi connectivity index (χ4n) is 2.58. The lowest BCUT2D eigenvalue weighted by molar-refractivity contribution is 0.492. The van der Waals surface area contributed by atoms with Crippen LogP contribution in [0.25, 0.3) is 0 Å². The average Bonchev–Trinajstić information content (AvgIpc) is 2.60. The fraction of sp³-hybridized carbons (Fsp3) is 0.800. The smallest absolute Gasteiger partial charge is 0.0113 e. The zero-order valence-electron chi connectivity index (χ0n) is 6.96. The minimum Gasteiger partial charge on any atom is -0.154 e. The zero-order valence-corrected chi connectivity index (χ0v) is 7.78. The molecule has 0 aromatic carbocycles. The molecular formula is C10H16S. The van der Waals surface area contributed by atoms with Crippen LogP contribution in [0.3, 0.4) is 0 Å². The van der Waals surface area contributed by atoms with E-state index in [0.29, 0.717) is 0 Å². The van der Waals surface area contributed by atoms with Gasteiger partial charge in [-0.2, -0.15) is 11.8 Å². The van der Waals surface area contributed by atoms with Crippen LogP contribution in [-0.4, -0.2) is 11.0 Å². The summed E-state index contributed by atoms with van der Waals surface area (Å²) >= 11 is 2.13. The first-order valence-electron chi connectivity index (χ1n) is 4.62. The second-order valence-corrected chi connectivity index (χ2v) is 5.11. The van der Waals surface area contributed by atoms with Crippen molar-refractivity contribution in [1.29, 1.82) is 0 Å². The van der Waals surface area contributed by atoms with Crippen molar-refractivity contribution in [2.75, 3.05) is 5.75 Å². The van der Waals surface area contributed by atoms with E-state index in [4.69, 9.17) is 0 Å². The van der Waals surface area contributed by atoms with E-state index in [1.165, 1.54) is 25.7 Å². The van der Waals surface area contributed by atoms with Crippen molar-refractivity contribution < 1.29 is 0 Å². The van der Waals surface area contributed by atoms with Gasteiger partial charge in [0.25, 0.3) is 0 Å². The van der Waals surface area contributed by atoms with Crippen molar-refractivity contribution in [3.63, 3.8) is 0 Å². The third-order valence-corrected chi connectivity index (χ3v) is 4.54. The van der Waals surface area contributed by atoms with E-state index in [-0.39, 0.29) is 0 Å². The Hall–Kier alpha value is 0.0900. The normalized spacial score (nSPS) is 41.3. The molecule has 0 radical (unpaired) electrons. The first-order chi connectivity index (χ1) is 5.40. The third kappa shape index (κ3) is 1.48. The molecule has 0 aliphatic heterocycles. The van der Waals surface area contributed by atoms with Crippen LogP contribution in [0.15, 0.2) is 12.7 Å². The Morgan fingerprint density at radius 3 is 2.82 bits per heavy atom. The predicted molar refractivity (Wildman–Crippen MR) is 51.9 cm³/mol. The van der Waals surface area contributed by atoms with Crippen LogP contribution in [0.2, 0.25) is 0 Å². The maximum atomic E-state index is 3.76. The summed E-state index contributed by atoms with van der Waals surface area (Å²) in [6, 6.07) is 0. The Kier molecular flexibility index (Phi) is 2.26. The molecule has 2 aliphatic carbocycles. The van der Waals surface area contributed by atoms with Crippen LogP contribution in [0.5, 0.6) is 0 Å². The Morgan fingerprint density at radius 2 is 2.27 bits per heavy atom. The second kappa shape index (κ2) is 3.22. The molecule has 0 spiro atoms. The van der Waals surface area contributed by atoms with Gasteiger partial charge in [0.15, 0.2) is 0 Å². The molecule has 0 aromatic heterocycles.